The molecule has 1 saturated heterocycles. The Labute approximate surface area is 183 Å². The Balaban J connectivity index is 1.39. The van der Waals surface area contributed by atoms with Gasteiger partial charge < -0.3 is 19.9 Å². The maximum atomic E-state index is 13.3. The Morgan fingerprint density at radius 1 is 1.26 bits per heavy atom. The molecule has 3 aromatic rings. The largest absolute Gasteiger partial charge is 0.370 e. The fourth-order valence-corrected chi connectivity index (χ4v) is 4.39. The van der Waals surface area contributed by atoms with Crippen LogP contribution in [0, 0.1) is 0 Å². The third-order valence-corrected chi connectivity index (χ3v) is 6.08. The van der Waals surface area contributed by atoms with E-state index in [9.17, 15) is 9.59 Å². The van der Waals surface area contributed by atoms with Crippen molar-refractivity contribution in [3.8, 4) is 0 Å². The molecule has 1 unspecified atom stereocenters. The Morgan fingerprint density at radius 2 is 2.13 bits per heavy atom. The van der Waals surface area contributed by atoms with Gasteiger partial charge in [-0.1, -0.05) is 30.3 Å². The van der Waals surface area contributed by atoms with E-state index in [-0.39, 0.29) is 24.5 Å². The number of morpholine rings is 1. The van der Waals surface area contributed by atoms with E-state index in [4.69, 9.17) is 4.74 Å². The molecule has 2 aliphatic rings. The van der Waals surface area contributed by atoms with Gasteiger partial charge in [-0.2, -0.15) is 0 Å². The van der Waals surface area contributed by atoms with Gasteiger partial charge in [-0.3, -0.25) is 9.59 Å². The number of amides is 2. The Kier molecular flexibility index (Phi) is 5.35. The number of aromatic nitrogens is 2. The number of hydrogen-bond acceptors (Lipinski definition) is 7. The van der Waals surface area contributed by atoms with Crippen LogP contribution >= 0.6 is 11.3 Å². The number of fused-ring (bicyclic) bond motifs is 1. The first-order chi connectivity index (χ1) is 15.2. The molecular weight excluding hydrogens is 414 g/mol. The van der Waals surface area contributed by atoms with Crippen molar-refractivity contribution in [2.45, 2.75) is 12.6 Å². The maximum absolute atomic E-state index is 13.3. The summed E-state index contributed by atoms with van der Waals surface area (Å²) in [6.07, 6.45) is 1.41. The van der Waals surface area contributed by atoms with Crippen molar-refractivity contribution in [3.63, 3.8) is 0 Å². The standard InChI is InChI=1S/C22H21N5O3S/c28-20-10-24-21-18(27(20)11-17-13-31-14-25-17)8-16(9-23-21)22(29)26-6-7-30-19(12-26)15-4-2-1-3-5-15/h1-5,8-9,13-14,19H,6-7,10-12H2,(H,23,24). The van der Waals surface area contributed by atoms with Crippen molar-refractivity contribution in [2.24, 2.45) is 0 Å². The summed E-state index contributed by atoms with van der Waals surface area (Å²) in [5.41, 5.74) is 4.65. The van der Waals surface area contributed by atoms with Crippen molar-refractivity contribution >= 4 is 34.7 Å². The summed E-state index contributed by atoms with van der Waals surface area (Å²) in [7, 11) is 0. The third-order valence-electron chi connectivity index (χ3n) is 5.44. The van der Waals surface area contributed by atoms with Crippen molar-refractivity contribution in [1.82, 2.24) is 14.9 Å². The SMILES string of the molecule is O=C(c1cnc2c(c1)N(Cc1cscn1)C(=O)CN2)N1CCOC(c2ccccc2)C1. The number of rotatable bonds is 4. The first kappa shape index (κ1) is 19.7. The topological polar surface area (TPSA) is 87.7 Å². The van der Waals surface area contributed by atoms with Gasteiger partial charge in [0.15, 0.2) is 5.82 Å². The number of nitrogens with one attached hydrogen (secondary N) is 1. The van der Waals surface area contributed by atoms with Crippen molar-refractivity contribution in [3.05, 3.63) is 70.3 Å². The molecule has 1 aromatic carbocycles. The molecule has 158 valence electrons. The molecule has 31 heavy (non-hydrogen) atoms. The van der Waals surface area contributed by atoms with Gasteiger partial charge in [0.1, 0.15) is 6.10 Å². The Morgan fingerprint density at radius 3 is 2.94 bits per heavy atom. The van der Waals surface area contributed by atoms with E-state index in [0.717, 1.165) is 11.3 Å². The molecule has 4 heterocycles. The number of anilines is 2. The highest BCUT2D eigenvalue weighted by molar-refractivity contribution is 7.07. The molecule has 5 rings (SSSR count). The second kappa shape index (κ2) is 8.44. The molecule has 2 amide bonds. The van der Waals surface area contributed by atoms with E-state index in [1.165, 1.54) is 11.3 Å². The minimum absolute atomic E-state index is 0.0811. The molecule has 8 nitrogen and oxygen atoms in total. The second-order valence-electron chi connectivity index (χ2n) is 7.43. The van der Waals surface area contributed by atoms with Gasteiger partial charge >= 0.3 is 0 Å². The van der Waals surface area contributed by atoms with Crippen molar-refractivity contribution < 1.29 is 14.3 Å². The summed E-state index contributed by atoms with van der Waals surface area (Å²) in [6, 6.07) is 11.6. The zero-order valence-electron chi connectivity index (χ0n) is 16.7. The van der Waals surface area contributed by atoms with Crippen LogP contribution in [0.5, 0.6) is 0 Å². The number of pyridine rings is 1. The van der Waals surface area contributed by atoms with E-state index >= 15 is 0 Å². The lowest BCUT2D eigenvalue weighted by Crippen LogP contribution is -2.43. The number of thiazole rings is 1. The molecule has 0 saturated carbocycles. The quantitative estimate of drug-likeness (QED) is 0.678. The summed E-state index contributed by atoms with van der Waals surface area (Å²) in [4.78, 5) is 38.0. The zero-order valence-corrected chi connectivity index (χ0v) is 17.5. The summed E-state index contributed by atoms with van der Waals surface area (Å²) in [5, 5.41) is 4.94. The van der Waals surface area contributed by atoms with Gasteiger partial charge in [-0.15, -0.1) is 11.3 Å². The number of carbonyl (C=O) groups is 2. The molecular formula is C22H21N5O3S. The fraction of sp³-hybridized carbons (Fsp3) is 0.273. The number of nitrogens with zero attached hydrogens (tertiary/aromatic N) is 4. The van der Waals surface area contributed by atoms with Gasteiger partial charge in [0.05, 0.1) is 48.7 Å². The highest BCUT2D eigenvalue weighted by Crippen LogP contribution is 2.31. The summed E-state index contributed by atoms with van der Waals surface area (Å²) in [6.45, 7) is 1.97. The lowest BCUT2D eigenvalue weighted by Gasteiger charge is -2.34. The number of ether oxygens (including phenoxy) is 1. The van der Waals surface area contributed by atoms with E-state index in [1.54, 1.807) is 27.6 Å². The molecule has 0 spiro atoms. The first-order valence-electron chi connectivity index (χ1n) is 10.1. The van der Waals surface area contributed by atoms with Crippen LogP contribution in [-0.4, -0.2) is 52.9 Å². The van der Waals surface area contributed by atoms with Crippen LogP contribution in [0.15, 0.2) is 53.5 Å². The molecule has 2 aromatic heterocycles. The Bertz CT molecular complexity index is 1090. The minimum Gasteiger partial charge on any atom is -0.370 e. The van der Waals surface area contributed by atoms with Crippen LogP contribution in [0.4, 0.5) is 11.5 Å². The predicted molar refractivity (Wildman–Crippen MR) is 117 cm³/mol. The van der Waals surface area contributed by atoms with Crippen LogP contribution in [0.25, 0.3) is 0 Å². The first-order valence-corrected chi connectivity index (χ1v) is 11.0. The van der Waals surface area contributed by atoms with Gasteiger partial charge in [0, 0.05) is 18.1 Å². The van der Waals surface area contributed by atoms with Crippen LogP contribution in [0.3, 0.4) is 0 Å². The molecule has 1 atom stereocenters. The highest BCUT2D eigenvalue weighted by Gasteiger charge is 2.30. The predicted octanol–water partition coefficient (Wildman–Crippen LogP) is 2.71. The lowest BCUT2D eigenvalue weighted by atomic mass is 10.1. The number of hydrogen-bond donors (Lipinski definition) is 1. The zero-order chi connectivity index (χ0) is 21.2. The average molecular weight is 436 g/mol. The van der Waals surface area contributed by atoms with Crippen molar-refractivity contribution in [1.29, 1.82) is 0 Å². The smallest absolute Gasteiger partial charge is 0.255 e. The van der Waals surface area contributed by atoms with E-state index in [1.807, 2.05) is 35.7 Å². The third kappa shape index (κ3) is 4.01. The molecule has 1 N–H and O–H groups in total. The summed E-state index contributed by atoms with van der Waals surface area (Å²) >= 11 is 1.48. The minimum atomic E-state index is -0.158. The van der Waals surface area contributed by atoms with Crippen LogP contribution in [-0.2, 0) is 16.1 Å². The van der Waals surface area contributed by atoms with Gasteiger partial charge in [0.2, 0.25) is 5.91 Å². The van der Waals surface area contributed by atoms with Crippen molar-refractivity contribution in [2.75, 3.05) is 36.5 Å². The summed E-state index contributed by atoms with van der Waals surface area (Å²) < 4.78 is 5.88. The molecule has 9 heteroatoms. The van der Waals surface area contributed by atoms with Crippen LogP contribution in [0.1, 0.15) is 27.7 Å². The van der Waals surface area contributed by atoms with E-state index in [2.05, 4.69) is 15.3 Å². The second-order valence-corrected chi connectivity index (χ2v) is 8.14. The van der Waals surface area contributed by atoms with Gasteiger partial charge in [-0.05, 0) is 11.6 Å². The number of benzene rings is 1. The monoisotopic (exact) mass is 435 g/mol. The normalized spacial score (nSPS) is 18.5. The van der Waals surface area contributed by atoms with Gasteiger partial charge in [0.25, 0.3) is 5.91 Å². The van der Waals surface area contributed by atoms with Crippen LogP contribution < -0.4 is 10.2 Å². The van der Waals surface area contributed by atoms with Gasteiger partial charge in [-0.25, -0.2) is 9.97 Å². The molecule has 0 aliphatic carbocycles. The molecule has 0 radical (unpaired) electrons. The molecule has 2 aliphatic heterocycles. The average Bonchev–Trinajstić information content (AvgIpc) is 3.34. The van der Waals surface area contributed by atoms with Crippen LogP contribution in [0.2, 0.25) is 0 Å². The molecule has 0 bridgehead atoms. The highest BCUT2D eigenvalue weighted by atomic mass is 32.1. The fourth-order valence-electron chi connectivity index (χ4n) is 3.84. The Hall–Kier alpha value is -3.30. The molecule has 1 fully saturated rings. The van der Waals surface area contributed by atoms with E-state index in [0.29, 0.717) is 43.3 Å². The van der Waals surface area contributed by atoms with E-state index < -0.39 is 0 Å². The lowest BCUT2D eigenvalue weighted by molar-refractivity contribution is -0.117. The number of carbonyl (C=O) groups excluding carboxylic acids is 2. The summed E-state index contributed by atoms with van der Waals surface area (Å²) in [5.74, 6) is 0.393. The maximum Gasteiger partial charge on any atom is 0.255 e.